The van der Waals surface area contributed by atoms with Crippen molar-refractivity contribution >= 4 is 17.3 Å². The van der Waals surface area contributed by atoms with Gasteiger partial charge in [0.2, 0.25) is 5.78 Å². The highest BCUT2D eigenvalue weighted by atomic mass is 16.4. The Labute approximate surface area is 203 Å². The summed E-state index contributed by atoms with van der Waals surface area (Å²) in [5.41, 5.74) is -6.20. The second-order valence-corrected chi connectivity index (χ2v) is 11.0. The summed E-state index contributed by atoms with van der Waals surface area (Å²) in [6, 6.07) is 3.00. The Balaban J connectivity index is 2.19. The number of aliphatic hydroxyl groups excluding tert-OH is 3. The highest BCUT2D eigenvalue weighted by molar-refractivity contribution is 6.25. The number of aromatic hydroxyl groups is 1. The van der Waals surface area contributed by atoms with Crippen molar-refractivity contribution in [3.8, 4) is 5.75 Å². The molecule has 0 spiro atoms. The van der Waals surface area contributed by atoms with Crippen LogP contribution in [-0.2, 0) is 9.59 Å². The first-order chi connectivity index (χ1) is 16.0. The lowest BCUT2D eigenvalue weighted by molar-refractivity contribution is -0.211. The quantitative estimate of drug-likeness (QED) is 0.401. The molecule has 0 aromatic heterocycles. The summed E-state index contributed by atoms with van der Waals surface area (Å²) >= 11 is 0. The fourth-order valence-corrected chi connectivity index (χ4v) is 7.22. The van der Waals surface area contributed by atoms with Gasteiger partial charge in [0, 0.05) is 16.7 Å². The van der Waals surface area contributed by atoms with Crippen molar-refractivity contribution in [1.82, 2.24) is 0 Å². The average molecular weight is 485 g/mol. The molecule has 5 N–H and O–H groups in total. The normalized spacial score (nSPS) is 36.8. The molecule has 0 aliphatic heterocycles. The van der Waals surface area contributed by atoms with Crippen LogP contribution in [0.15, 0.2) is 34.8 Å². The van der Waals surface area contributed by atoms with E-state index in [1.807, 2.05) is 0 Å². The molecule has 1 unspecified atom stereocenters. The molecule has 4 rings (SSSR count). The zero-order valence-corrected chi connectivity index (χ0v) is 20.9. The number of hydrogen-bond acceptors (Lipinski definition) is 8. The zero-order valence-electron chi connectivity index (χ0n) is 20.9. The van der Waals surface area contributed by atoms with Gasteiger partial charge in [0.15, 0.2) is 17.2 Å². The Morgan fingerprint density at radius 1 is 1.09 bits per heavy atom. The highest BCUT2D eigenvalue weighted by Crippen LogP contribution is 2.67. The maximum absolute atomic E-state index is 13.8. The smallest absolute Gasteiger partial charge is 0.209 e. The highest BCUT2D eigenvalue weighted by Gasteiger charge is 2.76. The molecule has 1 aromatic carbocycles. The maximum Gasteiger partial charge on any atom is 0.209 e. The molecule has 0 heterocycles. The second-order valence-electron chi connectivity index (χ2n) is 11.0. The van der Waals surface area contributed by atoms with Crippen molar-refractivity contribution in [2.24, 2.45) is 22.7 Å². The van der Waals surface area contributed by atoms with Gasteiger partial charge in [-0.15, -0.1) is 0 Å². The van der Waals surface area contributed by atoms with E-state index in [1.165, 1.54) is 13.0 Å². The van der Waals surface area contributed by atoms with E-state index in [0.29, 0.717) is 11.1 Å². The number of benzene rings is 1. The van der Waals surface area contributed by atoms with Gasteiger partial charge in [-0.3, -0.25) is 14.4 Å². The van der Waals surface area contributed by atoms with E-state index in [0.717, 1.165) is 6.92 Å². The molecule has 35 heavy (non-hydrogen) atoms. The molecule has 188 valence electrons. The van der Waals surface area contributed by atoms with Crippen LogP contribution in [0, 0.1) is 29.6 Å². The number of Topliss-reactive ketones (excluding diaryl/α,β-unsaturated/α-hetero) is 3. The molecule has 8 nitrogen and oxygen atoms in total. The van der Waals surface area contributed by atoms with Gasteiger partial charge >= 0.3 is 0 Å². The number of aliphatic hydroxyl groups is 4. The monoisotopic (exact) mass is 484 g/mol. The molecule has 0 bridgehead atoms. The van der Waals surface area contributed by atoms with E-state index in [4.69, 9.17) is 0 Å². The predicted molar refractivity (Wildman–Crippen MR) is 126 cm³/mol. The Hall–Kier alpha value is -2.97. The van der Waals surface area contributed by atoms with Gasteiger partial charge in [-0.25, -0.2) is 0 Å². The van der Waals surface area contributed by atoms with Crippen LogP contribution in [0.5, 0.6) is 5.75 Å². The lowest BCUT2D eigenvalue weighted by Gasteiger charge is -2.63. The number of ketones is 3. The van der Waals surface area contributed by atoms with Gasteiger partial charge in [-0.2, -0.15) is 0 Å². The minimum absolute atomic E-state index is 0.0650. The third-order valence-electron chi connectivity index (χ3n) is 9.03. The number of hydrogen-bond donors (Lipinski definition) is 5. The molecule has 0 saturated heterocycles. The molecule has 0 radical (unpaired) electrons. The van der Waals surface area contributed by atoms with Crippen molar-refractivity contribution in [3.05, 3.63) is 51.5 Å². The summed E-state index contributed by atoms with van der Waals surface area (Å²) < 4.78 is 0. The number of aryl methyl sites for hydroxylation is 1. The molecule has 0 amide bonds. The summed E-state index contributed by atoms with van der Waals surface area (Å²) in [7, 11) is 0. The van der Waals surface area contributed by atoms with Gasteiger partial charge in [-0.1, -0.05) is 40.7 Å². The van der Waals surface area contributed by atoms with E-state index >= 15 is 0 Å². The van der Waals surface area contributed by atoms with Gasteiger partial charge < -0.3 is 25.5 Å². The van der Waals surface area contributed by atoms with Crippen LogP contribution in [-0.4, -0.2) is 54.6 Å². The Morgan fingerprint density at radius 3 is 2.17 bits per heavy atom. The van der Waals surface area contributed by atoms with Crippen LogP contribution >= 0.6 is 0 Å². The largest absolute Gasteiger partial charge is 0.511 e. The number of allylic oxidation sites excluding steroid dienone is 1. The molecule has 8 heteroatoms. The SMILES string of the molecule is CC(=O)C1=C(O)C(C(C)C)[C@@]2(C)[C@H](O)[C@]3(C)C(=C(O)[C@@]2(O)C1=O)C(=O)c1c(O)ccc(C)c1[C@H]3C. The third-order valence-corrected chi connectivity index (χ3v) is 9.03. The summed E-state index contributed by atoms with van der Waals surface area (Å²) in [5.74, 6) is -6.95. The van der Waals surface area contributed by atoms with Crippen LogP contribution in [0.25, 0.3) is 0 Å². The van der Waals surface area contributed by atoms with Crippen LogP contribution in [0.3, 0.4) is 0 Å². The number of phenolic OH excluding ortho intramolecular Hbond substituents is 1. The molecule has 3 aliphatic rings. The van der Waals surface area contributed by atoms with E-state index in [2.05, 4.69) is 0 Å². The molecule has 3 aliphatic carbocycles. The lowest BCUT2D eigenvalue weighted by atomic mass is 9.41. The Kier molecular flexibility index (Phi) is 5.22. The van der Waals surface area contributed by atoms with E-state index < -0.39 is 74.7 Å². The van der Waals surface area contributed by atoms with Gasteiger partial charge in [-0.05, 0) is 42.9 Å². The topological polar surface area (TPSA) is 152 Å². The summed E-state index contributed by atoms with van der Waals surface area (Å²) in [6.45, 7) is 11.0. The standard InChI is InChI=1S/C27H32O8/c1-10(2)18-20(30)16(13(5)28)22(32)27(35)23(33)19-21(31)17-14(29)9-8-11(3)15(17)12(4)25(19,6)24(34)26(18,27)7/h8-10,12,18,24,29-30,33-35H,1-7H3/t12-,18?,24-,25+,26+,27+/m1/s1. The number of rotatable bonds is 2. The van der Waals surface area contributed by atoms with Crippen molar-refractivity contribution in [3.63, 3.8) is 0 Å². The van der Waals surface area contributed by atoms with Crippen LogP contribution in [0.1, 0.15) is 68.9 Å². The minimum atomic E-state index is -2.87. The summed E-state index contributed by atoms with van der Waals surface area (Å²) in [4.78, 5) is 39.9. The van der Waals surface area contributed by atoms with Crippen molar-refractivity contribution < 1.29 is 39.9 Å². The van der Waals surface area contributed by atoms with Gasteiger partial charge in [0.05, 0.1) is 17.2 Å². The predicted octanol–water partition coefficient (Wildman–Crippen LogP) is 3.19. The van der Waals surface area contributed by atoms with E-state index in [-0.39, 0.29) is 16.9 Å². The van der Waals surface area contributed by atoms with Crippen molar-refractivity contribution in [2.45, 2.75) is 66.1 Å². The fourth-order valence-electron chi connectivity index (χ4n) is 7.22. The van der Waals surface area contributed by atoms with Crippen LogP contribution in [0.4, 0.5) is 0 Å². The molecule has 0 fully saturated rings. The molecular formula is C27H32O8. The van der Waals surface area contributed by atoms with Crippen molar-refractivity contribution in [1.29, 1.82) is 0 Å². The number of fused-ring (bicyclic) bond motifs is 3. The lowest BCUT2D eigenvalue weighted by Crippen LogP contribution is -2.73. The first-order valence-corrected chi connectivity index (χ1v) is 11.7. The minimum Gasteiger partial charge on any atom is -0.511 e. The van der Waals surface area contributed by atoms with E-state index in [1.54, 1.807) is 40.7 Å². The number of carbonyl (C=O) groups is 3. The number of carbonyl (C=O) groups excluding carboxylic acids is 3. The summed E-state index contributed by atoms with van der Waals surface area (Å²) in [5, 5.41) is 57.4. The van der Waals surface area contributed by atoms with Gasteiger partial charge in [0.25, 0.3) is 0 Å². The van der Waals surface area contributed by atoms with E-state index in [9.17, 15) is 39.9 Å². The first kappa shape index (κ1) is 25.1. The van der Waals surface area contributed by atoms with Crippen LogP contribution in [0.2, 0.25) is 0 Å². The Morgan fingerprint density at radius 2 is 1.66 bits per heavy atom. The second kappa shape index (κ2) is 7.27. The summed E-state index contributed by atoms with van der Waals surface area (Å²) in [6.07, 6.45) is -1.62. The zero-order chi connectivity index (χ0) is 26.6. The average Bonchev–Trinajstić information content (AvgIpc) is 2.75. The molecule has 1 aromatic rings. The number of phenols is 1. The third kappa shape index (κ3) is 2.56. The molecule has 0 saturated carbocycles. The van der Waals surface area contributed by atoms with Crippen molar-refractivity contribution in [2.75, 3.05) is 0 Å². The van der Waals surface area contributed by atoms with Gasteiger partial charge in [0.1, 0.15) is 22.8 Å². The first-order valence-electron chi connectivity index (χ1n) is 11.7. The Bertz CT molecular complexity index is 1270. The fraction of sp³-hybridized carbons (Fsp3) is 0.519. The van der Waals surface area contributed by atoms with Crippen LogP contribution < -0.4 is 0 Å². The maximum atomic E-state index is 13.8. The molecule has 6 atom stereocenters. The molecular weight excluding hydrogens is 452 g/mol.